The SMILES string of the molecule is CCCCCCC1C/C=C/CC/C=C/CC(C)(C)C=N1. The molecule has 0 aromatic rings. The fourth-order valence-corrected chi connectivity index (χ4v) is 2.49. The predicted molar refractivity (Wildman–Crippen MR) is 91.6 cm³/mol. The van der Waals surface area contributed by atoms with E-state index in [-0.39, 0.29) is 5.41 Å². The first-order valence-electron chi connectivity index (χ1n) is 8.48. The highest BCUT2D eigenvalue weighted by Crippen LogP contribution is 2.21. The lowest BCUT2D eigenvalue weighted by Gasteiger charge is -2.19. The Morgan fingerprint density at radius 3 is 2.50 bits per heavy atom. The zero-order valence-electron chi connectivity index (χ0n) is 13.8. The Kier molecular flexibility index (Phi) is 8.57. The van der Waals surface area contributed by atoms with Gasteiger partial charge in [-0.15, -0.1) is 0 Å². The quantitative estimate of drug-likeness (QED) is 0.424. The topological polar surface area (TPSA) is 12.4 Å². The van der Waals surface area contributed by atoms with Crippen molar-refractivity contribution in [2.24, 2.45) is 10.4 Å². The minimum atomic E-state index is 0.196. The molecule has 114 valence electrons. The van der Waals surface area contributed by atoms with Crippen LogP contribution >= 0.6 is 0 Å². The summed E-state index contributed by atoms with van der Waals surface area (Å²) in [6, 6.07) is 0.491. The Morgan fingerprint density at radius 2 is 1.75 bits per heavy atom. The van der Waals surface area contributed by atoms with Crippen LogP contribution in [0.4, 0.5) is 0 Å². The number of hydrogen-bond donors (Lipinski definition) is 0. The maximum atomic E-state index is 4.90. The highest BCUT2D eigenvalue weighted by atomic mass is 14.8. The van der Waals surface area contributed by atoms with Gasteiger partial charge >= 0.3 is 0 Å². The molecule has 0 aromatic heterocycles. The van der Waals surface area contributed by atoms with Crippen molar-refractivity contribution in [1.29, 1.82) is 0 Å². The average Bonchev–Trinajstić information content (AvgIpc) is 2.41. The molecule has 1 atom stereocenters. The Bertz CT molecular complexity index is 323. The first-order chi connectivity index (χ1) is 9.64. The summed E-state index contributed by atoms with van der Waals surface area (Å²) in [5.74, 6) is 0. The van der Waals surface area contributed by atoms with Crippen LogP contribution in [-0.2, 0) is 0 Å². The van der Waals surface area contributed by atoms with E-state index in [1.165, 1.54) is 44.9 Å². The molecule has 0 aromatic carbocycles. The highest BCUT2D eigenvalue weighted by Gasteiger charge is 2.14. The maximum Gasteiger partial charge on any atom is 0.0530 e. The number of aliphatic imine (C=N–C) groups is 1. The molecular weight excluding hydrogens is 242 g/mol. The van der Waals surface area contributed by atoms with Crippen LogP contribution in [0.1, 0.15) is 78.6 Å². The summed E-state index contributed by atoms with van der Waals surface area (Å²) in [5.41, 5.74) is 0.196. The summed E-state index contributed by atoms with van der Waals surface area (Å²) >= 11 is 0. The van der Waals surface area contributed by atoms with E-state index in [0.29, 0.717) is 6.04 Å². The lowest BCUT2D eigenvalue weighted by molar-refractivity contribution is 0.520. The van der Waals surface area contributed by atoms with Gasteiger partial charge in [0.1, 0.15) is 0 Å². The number of rotatable bonds is 5. The lowest BCUT2D eigenvalue weighted by atomic mass is 9.90. The van der Waals surface area contributed by atoms with E-state index < -0.39 is 0 Å². The van der Waals surface area contributed by atoms with Crippen molar-refractivity contribution in [2.75, 3.05) is 0 Å². The summed E-state index contributed by atoms with van der Waals surface area (Å²) in [7, 11) is 0. The van der Waals surface area contributed by atoms with Crippen molar-refractivity contribution >= 4 is 6.21 Å². The van der Waals surface area contributed by atoms with E-state index in [9.17, 15) is 0 Å². The molecule has 1 heterocycles. The van der Waals surface area contributed by atoms with E-state index in [1.54, 1.807) is 0 Å². The van der Waals surface area contributed by atoms with Gasteiger partial charge in [-0.3, -0.25) is 4.99 Å². The van der Waals surface area contributed by atoms with Gasteiger partial charge in [0.2, 0.25) is 0 Å². The van der Waals surface area contributed by atoms with E-state index in [2.05, 4.69) is 51.3 Å². The summed E-state index contributed by atoms with van der Waals surface area (Å²) in [6.45, 7) is 6.85. The molecule has 1 nitrogen and oxygen atoms in total. The third-order valence-electron chi connectivity index (χ3n) is 3.91. The van der Waals surface area contributed by atoms with Crippen LogP contribution in [0, 0.1) is 5.41 Å². The molecule has 0 aliphatic carbocycles. The molecule has 0 fully saturated rings. The zero-order valence-corrected chi connectivity index (χ0v) is 13.8. The lowest BCUT2D eigenvalue weighted by Crippen LogP contribution is -2.15. The number of allylic oxidation sites excluding steroid dienone is 3. The van der Waals surface area contributed by atoms with Crippen LogP contribution in [0.5, 0.6) is 0 Å². The Hall–Kier alpha value is -0.850. The molecule has 1 rings (SSSR count). The van der Waals surface area contributed by atoms with Crippen LogP contribution in [0.25, 0.3) is 0 Å². The fourth-order valence-electron chi connectivity index (χ4n) is 2.49. The van der Waals surface area contributed by atoms with Gasteiger partial charge < -0.3 is 0 Å². The van der Waals surface area contributed by atoms with Crippen molar-refractivity contribution in [2.45, 2.75) is 84.6 Å². The first kappa shape index (κ1) is 17.2. The monoisotopic (exact) mass is 275 g/mol. The summed E-state index contributed by atoms with van der Waals surface area (Å²) in [4.78, 5) is 4.90. The molecule has 1 aliphatic rings. The van der Waals surface area contributed by atoms with Crippen LogP contribution in [0.2, 0.25) is 0 Å². The largest absolute Gasteiger partial charge is 0.293 e. The first-order valence-corrected chi connectivity index (χ1v) is 8.48. The van der Waals surface area contributed by atoms with Crippen LogP contribution in [-0.4, -0.2) is 12.3 Å². The van der Waals surface area contributed by atoms with Gasteiger partial charge in [-0.1, -0.05) is 70.8 Å². The van der Waals surface area contributed by atoms with Gasteiger partial charge in [-0.25, -0.2) is 0 Å². The third kappa shape index (κ3) is 8.35. The number of unbranched alkanes of at least 4 members (excludes halogenated alkanes) is 3. The van der Waals surface area contributed by atoms with Gasteiger partial charge in [0, 0.05) is 11.6 Å². The third-order valence-corrected chi connectivity index (χ3v) is 3.91. The smallest absolute Gasteiger partial charge is 0.0530 e. The molecule has 0 saturated heterocycles. The van der Waals surface area contributed by atoms with E-state index in [4.69, 9.17) is 4.99 Å². The van der Waals surface area contributed by atoms with Gasteiger partial charge in [0.05, 0.1) is 6.04 Å². The van der Waals surface area contributed by atoms with Crippen LogP contribution in [0.15, 0.2) is 29.3 Å². The van der Waals surface area contributed by atoms with Crippen molar-refractivity contribution in [3.63, 3.8) is 0 Å². The van der Waals surface area contributed by atoms with Gasteiger partial charge in [0.15, 0.2) is 0 Å². The van der Waals surface area contributed by atoms with Gasteiger partial charge in [-0.05, 0) is 32.1 Å². The maximum absolute atomic E-state index is 4.90. The van der Waals surface area contributed by atoms with Crippen LogP contribution in [0.3, 0.4) is 0 Å². The van der Waals surface area contributed by atoms with Crippen molar-refractivity contribution < 1.29 is 0 Å². The molecule has 0 N–H and O–H groups in total. The highest BCUT2D eigenvalue weighted by molar-refractivity contribution is 5.65. The molecule has 1 aliphatic heterocycles. The Labute approximate surface area is 126 Å². The fraction of sp³-hybridized carbons (Fsp3) is 0.737. The Morgan fingerprint density at radius 1 is 1.00 bits per heavy atom. The second kappa shape index (κ2) is 9.96. The van der Waals surface area contributed by atoms with Crippen LogP contribution < -0.4 is 0 Å². The number of hydrogen-bond acceptors (Lipinski definition) is 1. The molecule has 0 bridgehead atoms. The predicted octanol–water partition coefficient (Wildman–Crippen LogP) is 6.11. The molecular formula is C19H33N. The molecule has 20 heavy (non-hydrogen) atoms. The average molecular weight is 275 g/mol. The molecule has 1 heteroatoms. The second-order valence-electron chi connectivity index (χ2n) is 6.73. The molecule has 0 radical (unpaired) electrons. The zero-order chi connectivity index (χ0) is 14.7. The minimum absolute atomic E-state index is 0.196. The van der Waals surface area contributed by atoms with Gasteiger partial charge in [0.25, 0.3) is 0 Å². The normalized spacial score (nSPS) is 26.4. The van der Waals surface area contributed by atoms with Gasteiger partial charge in [-0.2, -0.15) is 0 Å². The number of nitrogens with zero attached hydrogens (tertiary/aromatic N) is 1. The second-order valence-corrected chi connectivity index (χ2v) is 6.73. The summed E-state index contributed by atoms with van der Waals surface area (Å²) in [6.07, 6.45) is 22.7. The van der Waals surface area contributed by atoms with E-state index in [1.807, 2.05) is 0 Å². The van der Waals surface area contributed by atoms with E-state index in [0.717, 1.165) is 12.8 Å². The van der Waals surface area contributed by atoms with Crippen molar-refractivity contribution in [3.05, 3.63) is 24.3 Å². The summed E-state index contributed by atoms with van der Waals surface area (Å²) < 4.78 is 0. The molecule has 1 unspecified atom stereocenters. The molecule has 0 spiro atoms. The van der Waals surface area contributed by atoms with Crippen molar-refractivity contribution in [1.82, 2.24) is 0 Å². The summed E-state index contributed by atoms with van der Waals surface area (Å²) in [5, 5.41) is 0. The van der Waals surface area contributed by atoms with Crippen molar-refractivity contribution in [3.8, 4) is 0 Å². The standard InChI is InChI=1S/C19H33N/c1-4-5-6-11-14-18-15-12-9-7-8-10-13-16-19(2,3)17-20-18/h9-10,12-13,17-18H,4-8,11,14-16H2,1-3H3/b12-9+,13-10+,20-17?. The minimum Gasteiger partial charge on any atom is -0.293 e. The Balaban J connectivity index is 2.57. The van der Waals surface area contributed by atoms with E-state index >= 15 is 0 Å². The molecule has 0 saturated carbocycles. The molecule has 0 amide bonds.